The number of hydrogen-bond donors (Lipinski definition) is 1. The monoisotopic (exact) mass is 487 g/mol. The van der Waals surface area contributed by atoms with E-state index in [0.29, 0.717) is 24.4 Å². The van der Waals surface area contributed by atoms with Gasteiger partial charge in [-0.25, -0.2) is 4.90 Å². The number of nitrogens with zero attached hydrogens (tertiary/aromatic N) is 2. The summed E-state index contributed by atoms with van der Waals surface area (Å²) in [6.45, 7) is 1.14. The third-order valence-corrected chi connectivity index (χ3v) is 6.02. The third-order valence-electron chi connectivity index (χ3n) is 6.02. The van der Waals surface area contributed by atoms with E-state index in [2.05, 4.69) is 5.32 Å². The fraction of sp³-hybridized carbons (Fsp3) is 0.192. The molecule has 2 aliphatic rings. The van der Waals surface area contributed by atoms with Crippen molar-refractivity contribution < 1.29 is 28.8 Å². The van der Waals surface area contributed by atoms with Gasteiger partial charge in [0.05, 0.1) is 33.9 Å². The molecule has 1 N–H and O–H groups in total. The molecule has 182 valence electrons. The number of carbonyl (C=O) groups excluding carboxylic acids is 3. The average Bonchev–Trinajstić information content (AvgIpc) is 3.49. The van der Waals surface area contributed by atoms with E-state index < -0.39 is 16.7 Å². The first-order valence-electron chi connectivity index (χ1n) is 11.4. The van der Waals surface area contributed by atoms with E-state index in [-0.39, 0.29) is 40.3 Å². The van der Waals surface area contributed by atoms with Crippen LogP contribution in [0.1, 0.15) is 43.9 Å². The maximum absolute atomic E-state index is 13.1. The van der Waals surface area contributed by atoms with Crippen molar-refractivity contribution in [1.82, 2.24) is 5.32 Å². The first kappa shape index (κ1) is 23.2. The van der Waals surface area contributed by atoms with E-state index in [1.165, 1.54) is 36.4 Å². The Morgan fingerprint density at radius 2 is 1.78 bits per heavy atom. The molecule has 1 atom stereocenters. The summed E-state index contributed by atoms with van der Waals surface area (Å²) in [6.07, 6.45) is 1.92. The maximum Gasteiger partial charge on any atom is 0.273 e. The molecule has 0 aliphatic carbocycles. The van der Waals surface area contributed by atoms with Gasteiger partial charge in [-0.3, -0.25) is 24.5 Å². The van der Waals surface area contributed by atoms with Crippen LogP contribution in [0.5, 0.6) is 11.5 Å². The Hall–Kier alpha value is -4.57. The Balaban J connectivity index is 1.30. The van der Waals surface area contributed by atoms with Crippen molar-refractivity contribution in [1.29, 1.82) is 0 Å². The van der Waals surface area contributed by atoms with Crippen LogP contribution < -0.4 is 15.0 Å². The quantitative estimate of drug-likeness (QED) is 0.302. The van der Waals surface area contributed by atoms with Crippen LogP contribution in [0.2, 0.25) is 0 Å². The van der Waals surface area contributed by atoms with E-state index in [9.17, 15) is 24.5 Å². The zero-order chi connectivity index (χ0) is 25.2. The van der Waals surface area contributed by atoms with Crippen molar-refractivity contribution in [2.75, 3.05) is 18.1 Å². The van der Waals surface area contributed by atoms with Gasteiger partial charge in [0.2, 0.25) is 0 Å². The molecule has 3 aromatic carbocycles. The Labute approximate surface area is 205 Å². The number of nitro groups is 1. The number of fused-ring (bicyclic) bond motifs is 1. The molecule has 2 heterocycles. The minimum atomic E-state index is -0.533. The van der Waals surface area contributed by atoms with Crippen LogP contribution >= 0.6 is 0 Å². The van der Waals surface area contributed by atoms with E-state index in [4.69, 9.17) is 9.47 Å². The van der Waals surface area contributed by atoms with Gasteiger partial charge in [0.15, 0.2) is 0 Å². The van der Waals surface area contributed by atoms with Crippen LogP contribution in [-0.2, 0) is 4.74 Å². The lowest BCUT2D eigenvalue weighted by Gasteiger charge is -2.15. The zero-order valence-corrected chi connectivity index (χ0v) is 19.0. The molecule has 0 aromatic heterocycles. The number of non-ortho nitro benzene ring substituents is 1. The fourth-order valence-corrected chi connectivity index (χ4v) is 4.19. The molecule has 3 amide bonds. The van der Waals surface area contributed by atoms with Crippen molar-refractivity contribution in [2.24, 2.45) is 0 Å². The van der Waals surface area contributed by atoms with Crippen LogP contribution in [0.3, 0.4) is 0 Å². The molecule has 0 spiro atoms. The van der Waals surface area contributed by atoms with Crippen molar-refractivity contribution in [3.8, 4) is 11.5 Å². The second kappa shape index (κ2) is 9.59. The second-order valence-corrected chi connectivity index (χ2v) is 8.40. The molecule has 1 fully saturated rings. The number of carbonyl (C=O) groups is 3. The van der Waals surface area contributed by atoms with Crippen molar-refractivity contribution >= 4 is 29.1 Å². The first-order valence-corrected chi connectivity index (χ1v) is 11.4. The molecule has 2 aliphatic heterocycles. The Bertz CT molecular complexity index is 1360. The van der Waals surface area contributed by atoms with Crippen LogP contribution in [0.4, 0.5) is 11.4 Å². The van der Waals surface area contributed by atoms with Crippen molar-refractivity contribution in [3.63, 3.8) is 0 Å². The lowest BCUT2D eigenvalue weighted by Crippen LogP contribution is -2.32. The predicted molar refractivity (Wildman–Crippen MR) is 129 cm³/mol. The standard InChI is InChI=1S/C26H21N3O7/c30-24(27-15-21-5-2-12-35-21)16-6-8-17(9-7-16)28-25(31)22-11-10-20(14-23(22)26(28)32)36-19-4-1-3-18(13-19)29(33)34/h1,3-4,6-11,13-14,21H,2,5,12,15H2,(H,27,30). The number of rotatable bonds is 7. The third kappa shape index (κ3) is 4.53. The summed E-state index contributed by atoms with van der Waals surface area (Å²) in [6, 6.07) is 16.3. The van der Waals surface area contributed by atoms with Crippen LogP contribution in [0.25, 0.3) is 0 Å². The molecule has 10 heteroatoms. The Morgan fingerprint density at radius 1 is 1.03 bits per heavy atom. The number of anilines is 1. The predicted octanol–water partition coefficient (Wildman–Crippen LogP) is 4.10. The van der Waals surface area contributed by atoms with Crippen molar-refractivity contribution in [2.45, 2.75) is 18.9 Å². The van der Waals surface area contributed by atoms with Gasteiger partial charge in [0.1, 0.15) is 11.5 Å². The van der Waals surface area contributed by atoms with Gasteiger partial charge in [-0.15, -0.1) is 0 Å². The summed E-state index contributed by atoms with van der Waals surface area (Å²) in [5, 5.41) is 13.8. The van der Waals surface area contributed by atoms with Crippen LogP contribution in [-0.4, -0.2) is 41.9 Å². The minimum absolute atomic E-state index is 0.0254. The maximum atomic E-state index is 13.1. The molecule has 10 nitrogen and oxygen atoms in total. The van der Waals surface area contributed by atoms with E-state index >= 15 is 0 Å². The smallest absolute Gasteiger partial charge is 0.273 e. The fourth-order valence-electron chi connectivity index (χ4n) is 4.19. The Morgan fingerprint density at radius 3 is 2.50 bits per heavy atom. The zero-order valence-electron chi connectivity index (χ0n) is 19.0. The number of ether oxygens (including phenoxy) is 2. The summed E-state index contributed by atoms with van der Waals surface area (Å²) in [5.41, 5.74) is 0.972. The molecule has 0 saturated carbocycles. The highest BCUT2D eigenvalue weighted by Crippen LogP contribution is 2.33. The SMILES string of the molecule is O=C(NCC1CCCO1)c1ccc(N2C(=O)c3ccc(Oc4cccc([N+](=O)[O-])c4)cc3C2=O)cc1. The summed E-state index contributed by atoms with van der Waals surface area (Å²) in [4.78, 5) is 50.0. The van der Waals surface area contributed by atoms with E-state index in [0.717, 1.165) is 17.7 Å². The molecule has 1 saturated heterocycles. The molecular weight excluding hydrogens is 466 g/mol. The minimum Gasteiger partial charge on any atom is -0.457 e. The molecular formula is C26H21N3O7. The number of hydrogen-bond acceptors (Lipinski definition) is 7. The average molecular weight is 487 g/mol. The summed E-state index contributed by atoms with van der Waals surface area (Å²) >= 11 is 0. The highest BCUT2D eigenvalue weighted by atomic mass is 16.6. The van der Waals surface area contributed by atoms with Crippen LogP contribution in [0, 0.1) is 10.1 Å². The molecule has 0 bridgehead atoms. The van der Waals surface area contributed by atoms with E-state index in [1.54, 1.807) is 30.3 Å². The summed E-state index contributed by atoms with van der Waals surface area (Å²) in [5.74, 6) is -0.799. The largest absolute Gasteiger partial charge is 0.457 e. The number of amides is 3. The van der Waals surface area contributed by atoms with E-state index in [1.807, 2.05) is 0 Å². The van der Waals surface area contributed by atoms with Gasteiger partial charge in [-0.05, 0) is 61.4 Å². The van der Waals surface area contributed by atoms with Crippen LogP contribution in [0.15, 0.2) is 66.7 Å². The number of nitro benzene ring substituents is 1. The molecule has 1 unspecified atom stereocenters. The summed E-state index contributed by atoms with van der Waals surface area (Å²) in [7, 11) is 0. The van der Waals surface area contributed by atoms with Crippen molar-refractivity contribution in [3.05, 3.63) is 93.5 Å². The first-order chi connectivity index (χ1) is 17.4. The van der Waals surface area contributed by atoms with Gasteiger partial charge in [-0.2, -0.15) is 0 Å². The highest BCUT2D eigenvalue weighted by molar-refractivity contribution is 6.34. The topological polar surface area (TPSA) is 128 Å². The molecule has 3 aromatic rings. The van der Waals surface area contributed by atoms with Gasteiger partial charge >= 0.3 is 0 Å². The van der Waals surface area contributed by atoms with Gasteiger partial charge in [0, 0.05) is 24.8 Å². The molecule has 36 heavy (non-hydrogen) atoms. The van der Waals surface area contributed by atoms with Gasteiger partial charge in [-0.1, -0.05) is 6.07 Å². The highest BCUT2D eigenvalue weighted by Gasteiger charge is 2.37. The normalized spacial score (nSPS) is 16.7. The summed E-state index contributed by atoms with van der Waals surface area (Å²) < 4.78 is 11.2. The second-order valence-electron chi connectivity index (χ2n) is 8.40. The van der Waals surface area contributed by atoms with Gasteiger partial charge < -0.3 is 14.8 Å². The number of benzene rings is 3. The number of nitrogens with one attached hydrogen (secondary N) is 1. The molecule has 0 radical (unpaired) electrons. The molecule has 5 rings (SSSR count). The number of imide groups is 1. The van der Waals surface area contributed by atoms with Gasteiger partial charge in [0.25, 0.3) is 23.4 Å². The Kier molecular flexibility index (Phi) is 6.17. The lowest BCUT2D eigenvalue weighted by molar-refractivity contribution is -0.384. The lowest BCUT2D eigenvalue weighted by atomic mass is 10.1.